The highest BCUT2D eigenvalue weighted by molar-refractivity contribution is 6.12. The molecule has 160 valence electrons. The van der Waals surface area contributed by atoms with Crippen molar-refractivity contribution in [1.29, 1.82) is 0 Å². The number of fused-ring (bicyclic) bond motifs is 3. The van der Waals surface area contributed by atoms with Gasteiger partial charge in [-0.25, -0.2) is 0 Å². The molecule has 0 saturated heterocycles. The minimum atomic E-state index is -1.49. The van der Waals surface area contributed by atoms with Crippen LogP contribution in [-0.4, -0.2) is 18.9 Å². The molecule has 5 rings (SSSR count). The molecule has 5 nitrogen and oxygen atoms in total. The molecule has 2 unspecified atom stereocenters. The number of hydrogen-bond donors (Lipinski definition) is 2. The molecule has 2 atom stereocenters. The first-order valence-corrected chi connectivity index (χ1v) is 10.6. The van der Waals surface area contributed by atoms with Crippen LogP contribution in [-0.2, 0) is 15.0 Å². The lowest BCUT2D eigenvalue weighted by molar-refractivity contribution is -0.135. The van der Waals surface area contributed by atoms with Gasteiger partial charge in [0.15, 0.2) is 0 Å². The van der Waals surface area contributed by atoms with Gasteiger partial charge < -0.3 is 16.2 Å². The molecule has 3 aromatic rings. The summed E-state index contributed by atoms with van der Waals surface area (Å²) in [7, 11) is 1.56. The summed E-state index contributed by atoms with van der Waals surface area (Å²) >= 11 is 0. The topological polar surface area (TPSA) is 95.4 Å². The molecule has 4 N–H and O–H groups in total. The van der Waals surface area contributed by atoms with Crippen LogP contribution in [0.15, 0.2) is 66.7 Å². The second-order valence-electron chi connectivity index (χ2n) is 8.36. The zero-order valence-electron chi connectivity index (χ0n) is 18.0. The number of carbonyl (C=O) groups excluding carboxylic acids is 2. The van der Waals surface area contributed by atoms with Gasteiger partial charge in [0.2, 0.25) is 11.8 Å². The van der Waals surface area contributed by atoms with Crippen molar-refractivity contribution in [3.8, 4) is 16.9 Å². The Bertz CT molecular complexity index is 1420. The van der Waals surface area contributed by atoms with E-state index in [1.54, 1.807) is 25.3 Å². The maximum atomic E-state index is 13.5. The number of nitrogens with two attached hydrogens (primary N) is 2. The zero-order chi connectivity index (χ0) is 22.7. The maximum absolute atomic E-state index is 13.5. The van der Waals surface area contributed by atoms with E-state index in [-0.39, 0.29) is 0 Å². The molecule has 0 aromatic heterocycles. The molecule has 0 bridgehead atoms. The summed E-state index contributed by atoms with van der Waals surface area (Å²) < 4.78 is 5.43. The van der Waals surface area contributed by atoms with Crippen LogP contribution in [0.2, 0.25) is 0 Å². The first-order valence-electron chi connectivity index (χ1n) is 10.6. The van der Waals surface area contributed by atoms with Crippen LogP contribution in [0.5, 0.6) is 5.75 Å². The van der Waals surface area contributed by atoms with Crippen LogP contribution in [0.1, 0.15) is 24.5 Å². The predicted molar refractivity (Wildman–Crippen MR) is 124 cm³/mol. The summed E-state index contributed by atoms with van der Waals surface area (Å²) in [6.45, 7) is 1.89. The maximum Gasteiger partial charge on any atom is 0.233 e. The van der Waals surface area contributed by atoms with E-state index in [0.29, 0.717) is 17.7 Å². The summed E-state index contributed by atoms with van der Waals surface area (Å²) in [5, 5.41) is 1.81. The fraction of sp³-hybridized carbons (Fsp3) is 0.185. The average Bonchev–Trinajstić information content (AvgIpc) is 3.15. The monoisotopic (exact) mass is 424 g/mol. The third-order valence-corrected chi connectivity index (χ3v) is 7.17. The van der Waals surface area contributed by atoms with Crippen LogP contribution in [0.4, 0.5) is 0 Å². The number of rotatable bonds is 5. The number of primary amides is 2. The van der Waals surface area contributed by atoms with E-state index in [1.807, 2.05) is 61.5 Å². The summed E-state index contributed by atoms with van der Waals surface area (Å²) in [5.41, 5.74) is 13.9. The van der Waals surface area contributed by atoms with Crippen molar-refractivity contribution in [2.45, 2.75) is 18.8 Å². The van der Waals surface area contributed by atoms with E-state index in [9.17, 15) is 9.59 Å². The van der Waals surface area contributed by atoms with Gasteiger partial charge in [0, 0.05) is 0 Å². The smallest absolute Gasteiger partial charge is 0.233 e. The summed E-state index contributed by atoms with van der Waals surface area (Å²) in [4.78, 5) is 27.0. The minimum Gasteiger partial charge on any atom is -0.497 e. The fourth-order valence-corrected chi connectivity index (χ4v) is 5.83. The molecule has 32 heavy (non-hydrogen) atoms. The van der Waals surface area contributed by atoms with Crippen molar-refractivity contribution in [2.24, 2.45) is 16.9 Å². The molecule has 2 amide bonds. The van der Waals surface area contributed by atoms with Gasteiger partial charge in [0.25, 0.3) is 0 Å². The van der Waals surface area contributed by atoms with E-state index < -0.39 is 22.6 Å². The Morgan fingerprint density at radius 1 is 0.875 bits per heavy atom. The Balaban J connectivity index is 2.03. The largest absolute Gasteiger partial charge is 0.497 e. The van der Waals surface area contributed by atoms with Crippen molar-refractivity contribution in [2.75, 3.05) is 7.11 Å². The van der Waals surface area contributed by atoms with Gasteiger partial charge in [-0.05, 0) is 56.8 Å². The molecular formula is C27H24N2O3. The van der Waals surface area contributed by atoms with Crippen molar-refractivity contribution in [3.63, 3.8) is 0 Å². The Kier molecular flexibility index (Phi) is 4.28. The first-order chi connectivity index (χ1) is 15.4. The average molecular weight is 425 g/mol. The second-order valence-corrected chi connectivity index (χ2v) is 8.36. The van der Waals surface area contributed by atoms with Gasteiger partial charge in [0.05, 0.1) is 12.5 Å². The van der Waals surface area contributed by atoms with E-state index in [0.717, 1.165) is 32.7 Å². The van der Waals surface area contributed by atoms with Crippen molar-refractivity contribution in [1.82, 2.24) is 0 Å². The summed E-state index contributed by atoms with van der Waals surface area (Å²) in [5.74, 6) is -0.633. The number of carbonyl (C=O) groups is 2. The minimum absolute atomic E-state index is 0.302. The number of methoxy groups -OCH3 is 1. The molecule has 2 aliphatic rings. The molecule has 2 aliphatic carbocycles. The van der Waals surface area contributed by atoms with Crippen LogP contribution in [0.3, 0.4) is 0 Å². The second kappa shape index (κ2) is 6.82. The van der Waals surface area contributed by atoms with Crippen LogP contribution in [0, 0.1) is 5.41 Å². The Morgan fingerprint density at radius 3 is 2.22 bits per heavy atom. The van der Waals surface area contributed by atoms with E-state index in [1.165, 1.54) is 0 Å². The number of benzene rings is 3. The van der Waals surface area contributed by atoms with Gasteiger partial charge in [-0.2, -0.15) is 0 Å². The highest BCUT2D eigenvalue weighted by atomic mass is 16.5. The molecular weight excluding hydrogens is 400 g/mol. The third kappa shape index (κ3) is 2.23. The standard InChI is InChI=1S/C27H24N2O3/c1-3-26(24(28)30)23-21-12-5-4-11-19(21)20-13-6-8-16(22(20)23)15-27(26,25(29)31)17-9-7-10-18(14-17)32-2/h4-15H,3H2,1-2H3,(H2,28,30)(H2,29,31). The quantitative estimate of drug-likeness (QED) is 0.656. The lowest BCUT2D eigenvalue weighted by Crippen LogP contribution is -2.63. The van der Waals surface area contributed by atoms with E-state index in [4.69, 9.17) is 16.2 Å². The molecule has 0 spiro atoms. The van der Waals surface area contributed by atoms with Gasteiger partial charge in [-0.15, -0.1) is 0 Å². The van der Waals surface area contributed by atoms with Crippen molar-refractivity contribution < 1.29 is 14.3 Å². The first kappa shape index (κ1) is 20.1. The zero-order valence-corrected chi connectivity index (χ0v) is 18.0. The Morgan fingerprint density at radius 2 is 1.56 bits per heavy atom. The predicted octanol–water partition coefficient (Wildman–Crippen LogP) is 1.97. The van der Waals surface area contributed by atoms with Gasteiger partial charge in [-0.1, -0.05) is 67.6 Å². The molecule has 0 fully saturated rings. The third-order valence-electron chi connectivity index (χ3n) is 7.17. The van der Waals surface area contributed by atoms with E-state index >= 15 is 0 Å². The molecule has 0 saturated carbocycles. The molecule has 0 aliphatic heterocycles. The Hall–Kier alpha value is -3.86. The van der Waals surface area contributed by atoms with Crippen LogP contribution in [0.25, 0.3) is 22.8 Å². The summed E-state index contributed by atoms with van der Waals surface area (Å²) in [6, 6.07) is 21.1. The SMILES string of the molecule is CCC1(C(N)=O)C2=c3c(cccc3=CC1(C(N)=O)c1cccc(OC)c1)-c1ccccc12. The van der Waals surface area contributed by atoms with Crippen LogP contribution < -0.4 is 26.6 Å². The molecule has 5 heteroatoms. The van der Waals surface area contributed by atoms with Gasteiger partial charge in [0.1, 0.15) is 11.2 Å². The van der Waals surface area contributed by atoms with E-state index in [2.05, 4.69) is 0 Å². The van der Waals surface area contributed by atoms with Gasteiger partial charge >= 0.3 is 0 Å². The Labute approximate surface area is 186 Å². The van der Waals surface area contributed by atoms with Crippen LogP contribution >= 0.6 is 0 Å². The normalized spacial score (nSPS) is 22.5. The fourth-order valence-electron chi connectivity index (χ4n) is 5.83. The van der Waals surface area contributed by atoms with Crippen molar-refractivity contribution in [3.05, 3.63) is 88.3 Å². The van der Waals surface area contributed by atoms with Gasteiger partial charge in [-0.3, -0.25) is 9.59 Å². The molecule has 3 aromatic carbocycles. The van der Waals surface area contributed by atoms with Crippen molar-refractivity contribution >= 4 is 23.5 Å². The highest BCUT2D eigenvalue weighted by Gasteiger charge is 2.62. The lowest BCUT2D eigenvalue weighted by atomic mass is 9.51. The summed E-state index contributed by atoms with van der Waals surface area (Å²) in [6.07, 6.45) is 2.14. The molecule has 0 heterocycles. The number of amides is 2. The molecule has 0 radical (unpaired) electrons. The highest BCUT2D eigenvalue weighted by Crippen LogP contribution is 2.56. The lowest BCUT2D eigenvalue weighted by Gasteiger charge is -2.48. The number of ether oxygens (including phenoxy) is 1. The number of hydrogen-bond acceptors (Lipinski definition) is 3.